The summed E-state index contributed by atoms with van der Waals surface area (Å²) >= 11 is 0. The minimum atomic E-state index is -0.749. The highest BCUT2D eigenvalue weighted by Crippen LogP contribution is 2.25. The van der Waals surface area contributed by atoms with Gasteiger partial charge in [-0.05, 0) is 30.7 Å². The molecule has 4 rings (SSSR count). The van der Waals surface area contributed by atoms with Crippen molar-refractivity contribution in [2.45, 2.75) is 18.9 Å². The molecule has 29 heavy (non-hydrogen) atoms. The van der Waals surface area contributed by atoms with E-state index in [0.29, 0.717) is 35.6 Å². The van der Waals surface area contributed by atoms with E-state index in [1.54, 1.807) is 65.3 Å². The first-order valence-corrected chi connectivity index (χ1v) is 9.47. The summed E-state index contributed by atoms with van der Waals surface area (Å²) in [6.07, 6.45) is 4.68. The van der Waals surface area contributed by atoms with Gasteiger partial charge in [0.05, 0.1) is 0 Å². The lowest BCUT2D eigenvalue weighted by molar-refractivity contribution is -0.117. The maximum atomic E-state index is 14.5. The van der Waals surface area contributed by atoms with Crippen LogP contribution >= 0.6 is 0 Å². The maximum absolute atomic E-state index is 14.5. The third kappa shape index (κ3) is 3.76. The topological polar surface area (TPSA) is 67.2 Å². The van der Waals surface area contributed by atoms with Crippen molar-refractivity contribution >= 4 is 17.5 Å². The van der Waals surface area contributed by atoms with Crippen LogP contribution in [0.15, 0.2) is 60.9 Å². The Morgan fingerprint density at radius 2 is 2.03 bits per heavy atom. The maximum Gasteiger partial charge on any atom is 0.252 e. The largest absolute Gasteiger partial charge is 0.338 e. The monoisotopic (exact) mass is 392 g/mol. The molecule has 1 saturated heterocycles. The number of rotatable bonds is 5. The molecule has 1 aromatic heterocycles. The highest BCUT2D eigenvalue weighted by molar-refractivity contribution is 5.99. The van der Waals surface area contributed by atoms with Gasteiger partial charge in [0.15, 0.2) is 0 Å². The number of benzene rings is 2. The summed E-state index contributed by atoms with van der Waals surface area (Å²) in [5.41, 5.74) is 1.43. The van der Waals surface area contributed by atoms with E-state index in [1.807, 2.05) is 6.07 Å². The molecule has 7 heteroatoms. The Hall–Kier alpha value is -3.48. The van der Waals surface area contributed by atoms with Gasteiger partial charge in [-0.3, -0.25) is 9.59 Å². The first-order chi connectivity index (χ1) is 14.0. The Labute approximate surface area is 168 Å². The van der Waals surface area contributed by atoms with Crippen molar-refractivity contribution in [3.63, 3.8) is 0 Å². The summed E-state index contributed by atoms with van der Waals surface area (Å²) < 4.78 is 16.2. The zero-order valence-electron chi connectivity index (χ0n) is 16.0. The van der Waals surface area contributed by atoms with E-state index in [0.717, 1.165) is 6.42 Å². The van der Waals surface area contributed by atoms with E-state index in [-0.39, 0.29) is 11.8 Å². The van der Waals surface area contributed by atoms with Gasteiger partial charge < -0.3 is 14.8 Å². The number of nitrogens with one attached hydrogen (secondary N) is 1. The van der Waals surface area contributed by atoms with Crippen molar-refractivity contribution in [2.24, 2.45) is 7.05 Å². The fraction of sp³-hybridized carbons (Fsp3) is 0.227. The van der Waals surface area contributed by atoms with Crippen LogP contribution < -0.4 is 10.2 Å². The quantitative estimate of drug-likeness (QED) is 0.725. The third-order valence-electron chi connectivity index (χ3n) is 5.10. The van der Waals surface area contributed by atoms with Crippen molar-refractivity contribution in [1.29, 1.82) is 0 Å². The molecule has 0 saturated carbocycles. The number of aromatic nitrogens is 2. The second-order valence-electron chi connectivity index (χ2n) is 7.02. The summed E-state index contributed by atoms with van der Waals surface area (Å²) in [6, 6.07) is 12.5. The van der Waals surface area contributed by atoms with E-state index >= 15 is 0 Å². The molecule has 1 N–H and O–H groups in total. The van der Waals surface area contributed by atoms with Crippen LogP contribution in [0.5, 0.6) is 0 Å². The van der Waals surface area contributed by atoms with Crippen LogP contribution in [0.2, 0.25) is 0 Å². The Balaban J connectivity index is 1.65. The predicted molar refractivity (Wildman–Crippen MR) is 107 cm³/mol. The average Bonchev–Trinajstić information content (AvgIpc) is 3.35. The number of hydrogen-bond acceptors (Lipinski definition) is 3. The van der Waals surface area contributed by atoms with Crippen molar-refractivity contribution in [1.82, 2.24) is 14.9 Å². The Morgan fingerprint density at radius 1 is 1.21 bits per heavy atom. The summed E-state index contributed by atoms with van der Waals surface area (Å²) in [6.45, 7) is 0.648. The summed E-state index contributed by atoms with van der Waals surface area (Å²) in [5.74, 6) is -0.207. The number of hydrogen-bond donors (Lipinski definition) is 1. The number of carbonyl (C=O) groups is 2. The summed E-state index contributed by atoms with van der Waals surface area (Å²) in [4.78, 5) is 31.0. The molecule has 1 aliphatic heterocycles. The van der Waals surface area contributed by atoms with Crippen molar-refractivity contribution in [2.75, 3.05) is 11.4 Å². The average molecular weight is 392 g/mol. The van der Waals surface area contributed by atoms with E-state index in [1.165, 1.54) is 6.07 Å². The smallest absolute Gasteiger partial charge is 0.252 e. The molecule has 6 nitrogen and oxygen atoms in total. The van der Waals surface area contributed by atoms with Crippen molar-refractivity contribution in [3.8, 4) is 0 Å². The number of aryl methyl sites for hydroxylation is 1. The Morgan fingerprint density at radius 3 is 2.72 bits per heavy atom. The van der Waals surface area contributed by atoms with Crippen molar-refractivity contribution < 1.29 is 14.0 Å². The number of nitrogens with zero attached hydrogens (tertiary/aromatic N) is 3. The van der Waals surface area contributed by atoms with E-state index in [4.69, 9.17) is 0 Å². The van der Waals surface area contributed by atoms with Crippen molar-refractivity contribution in [3.05, 3.63) is 83.7 Å². The SMILES string of the molecule is Cn1ccnc1C(NC(=O)c1cccc(N2CCCC2=O)c1)c1ccccc1F. The molecule has 2 amide bonds. The number of anilines is 1. The highest BCUT2D eigenvalue weighted by atomic mass is 19.1. The normalized spacial score (nSPS) is 14.8. The van der Waals surface area contributed by atoms with Crippen LogP contribution in [0.25, 0.3) is 0 Å². The van der Waals surface area contributed by atoms with Gasteiger partial charge in [0.1, 0.15) is 17.7 Å². The van der Waals surface area contributed by atoms with Gasteiger partial charge in [-0.15, -0.1) is 0 Å². The molecule has 0 spiro atoms. The van der Waals surface area contributed by atoms with E-state index in [2.05, 4.69) is 10.3 Å². The molecule has 0 aliphatic carbocycles. The number of amides is 2. The van der Waals surface area contributed by atoms with Gasteiger partial charge in [-0.2, -0.15) is 0 Å². The summed E-state index contributed by atoms with van der Waals surface area (Å²) in [7, 11) is 1.79. The van der Waals surface area contributed by atoms with Gasteiger partial charge in [0.25, 0.3) is 5.91 Å². The molecule has 1 atom stereocenters. The second kappa shape index (κ2) is 7.87. The zero-order valence-corrected chi connectivity index (χ0v) is 16.0. The molecule has 1 fully saturated rings. The van der Waals surface area contributed by atoms with Gasteiger partial charge in [0, 0.05) is 49.2 Å². The first-order valence-electron chi connectivity index (χ1n) is 9.47. The number of imidazole rings is 1. The first kappa shape index (κ1) is 18.9. The number of halogens is 1. The second-order valence-corrected chi connectivity index (χ2v) is 7.02. The lowest BCUT2D eigenvalue weighted by atomic mass is 10.0. The van der Waals surface area contributed by atoms with Gasteiger partial charge >= 0.3 is 0 Å². The fourth-order valence-corrected chi connectivity index (χ4v) is 3.60. The molecule has 1 unspecified atom stereocenters. The molecule has 0 bridgehead atoms. The standard InChI is InChI=1S/C22H21FN4O2/c1-26-13-11-24-21(26)20(17-8-2-3-9-18(17)23)25-22(29)15-6-4-7-16(14-15)27-12-5-10-19(27)28/h2-4,6-9,11,13-14,20H,5,10,12H2,1H3,(H,25,29). The molecule has 2 heterocycles. The van der Waals surface area contributed by atoms with Gasteiger partial charge in [-0.25, -0.2) is 9.37 Å². The minimum Gasteiger partial charge on any atom is -0.338 e. The highest BCUT2D eigenvalue weighted by Gasteiger charge is 2.25. The predicted octanol–water partition coefficient (Wildman–Crippen LogP) is 3.21. The van der Waals surface area contributed by atoms with E-state index < -0.39 is 11.9 Å². The lowest BCUT2D eigenvalue weighted by Gasteiger charge is -2.21. The van der Waals surface area contributed by atoms with Crippen LogP contribution in [0.3, 0.4) is 0 Å². The van der Waals surface area contributed by atoms with E-state index in [9.17, 15) is 14.0 Å². The molecule has 3 aromatic rings. The zero-order chi connectivity index (χ0) is 20.4. The summed E-state index contributed by atoms with van der Waals surface area (Å²) in [5, 5.41) is 2.90. The molecule has 148 valence electrons. The number of carbonyl (C=O) groups excluding carboxylic acids is 2. The fourth-order valence-electron chi connectivity index (χ4n) is 3.60. The molecular formula is C22H21FN4O2. The minimum absolute atomic E-state index is 0.0554. The Kier molecular flexibility index (Phi) is 5.12. The third-order valence-corrected chi connectivity index (χ3v) is 5.10. The van der Waals surface area contributed by atoms with Crippen LogP contribution in [0, 0.1) is 5.82 Å². The molecule has 0 radical (unpaired) electrons. The van der Waals surface area contributed by atoms with Crippen LogP contribution in [-0.4, -0.2) is 27.9 Å². The lowest BCUT2D eigenvalue weighted by Crippen LogP contribution is -2.32. The molecular weight excluding hydrogens is 371 g/mol. The molecule has 1 aliphatic rings. The van der Waals surface area contributed by atoms with Gasteiger partial charge in [0.2, 0.25) is 5.91 Å². The van der Waals surface area contributed by atoms with Crippen LogP contribution in [0.1, 0.15) is 40.6 Å². The van der Waals surface area contributed by atoms with Gasteiger partial charge in [-0.1, -0.05) is 24.3 Å². The van der Waals surface area contributed by atoms with Crippen LogP contribution in [0.4, 0.5) is 10.1 Å². The van der Waals surface area contributed by atoms with Crippen LogP contribution in [-0.2, 0) is 11.8 Å². The molecule has 2 aromatic carbocycles. The Bertz CT molecular complexity index is 1060.